The van der Waals surface area contributed by atoms with Crippen LogP contribution in [0.25, 0.3) is 0 Å². The lowest BCUT2D eigenvalue weighted by molar-refractivity contribution is -0.0328. The number of thiazole rings is 1. The second-order valence-electron chi connectivity index (χ2n) is 3.38. The first-order valence-electron chi connectivity index (χ1n) is 5.01. The van der Waals surface area contributed by atoms with Gasteiger partial charge in [0.15, 0.2) is 5.13 Å². The normalized spacial score (nSPS) is 11.5. The SMILES string of the molecule is FC(F)(F)Sc1ccc(CNc2nccs2)cc1. The van der Waals surface area contributed by atoms with Gasteiger partial charge in [-0.25, -0.2) is 4.98 Å². The van der Waals surface area contributed by atoms with E-state index in [1.165, 1.54) is 23.5 Å². The molecule has 7 heteroatoms. The highest BCUT2D eigenvalue weighted by molar-refractivity contribution is 8.00. The lowest BCUT2D eigenvalue weighted by atomic mass is 10.2. The van der Waals surface area contributed by atoms with Crippen molar-refractivity contribution in [2.75, 3.05) is 5.32 Å². The van der Waals surface area contributed by atoms with Gasteiger partial charge in [0, 0.05) is 23.0 Å². The molecule has 1 heterocycles. The van der Waals surface area contributed by atoms with Crippen LogP contribution in [0.15, 0.2) is 40.7 Å². The number of benzene rings is 1. The molecule has 1 N–H and O–H groups in total. The van der Waals surface area contributed by atoms with Gasteiger partial charge in [0.05, 0.1) is 0 Å². The van der Waals surface area contributed by atoms with Crippen LogP contribution in [0.3, 0.4) is 0 Å². The van der Waals surface area contributed by atoms with E-state index in [-0.39, 0.29) is 16.7 Å². The summed E-state index contributed by atoms with van der Waals surface area (Å²) in [5.74, 6) is 0. The number of hydrogen-bond donors (Lipinski definition) is 1. The predicted octanol–water partition coefficient (Wildman–Crippen LogP) is 4.37. The molecule has 0 unspecified atom stereocenters. The lowest BCUT2D eigenvalue weighted by Crippen LogP contribution is -2.00. The van der Waals surface area contributed by atoms with Crippen LogP contribution in [-0.2, 0) is 6.54 Å². The first kappa shape index (κ1) is 13.2. The smallest absolute Gasteiger partial charge is 0.357 e. The topological polar surface area (TPSA) is 24.9 Å². The molecular formula is C11H9F3N2S2. The van der Waals surface area contributed by atoms with Crippen molar-refractivity contribution in [2.24, 2.45) is 0 Å². The molecule has 0 atom stereocenters. The Bertz CT molecular complexity index is 480. The number of halogens is 3. The molecular weight excluding hydrogens is 281 g/mol. The minimum Gasteiger partial charge on any atom is -0.357 e. The highest BCUT2D eigenvalue weighted by Gasteiger charge is 2.28. The van der Waals surface area contributed by atoms with Crippen LogP contribution in [0.2, 0.25) is 0 Å². The molecule has 0 amide bonds. The lowest BCUT2D eigenvalue weighted by Gasteiger charge is -2.07. The molecule has 1 aromatic carbocycles. The van der Waals surface area contributed by atoms with Gasteiger partial charge in [-0.1, -0.05) is 12.1 Å². The molecule has 18 heavy (non-hydrogen) atoms. The fourth-order valence-electron chi connectivity index (χ4n) is 1.30. The summed E-state index contributed by atoms with van der Waals surface area (Å²) in [6.07, 6.45) is 1.69. The van der Waals surface area contributed by atoms with Crippen LogP contribution in [-0.4, -0.2) is 10.5 Å². The molecule has 0 aliphatic rings. The van der Waals surface area contributed by atoms with Crippen molar-refractivity contribution in [2.45, 2.75) is 16.9 Å². The zero-order valence-electron chi connectivity index (χ0n) is 9.07. The van der Waals surface area contributed by atoms with E-state index in [4.69, 9.17) is 0 Å². The van der Waals surface area contributed by atoms with Crippen LogP contribution in [0.4, 0.5) is 18.3 Å². The van der Waals surface area contributed by atoms with Gasteiger partial charge in [-0.15, -0.1) is 11.3 Å². The van der Waals surface area contributed by atoms with Gasteiger partial charge >= 0.3 is 5.51 Å². The van der Waals surface area contributed by atoms with Crippen LogP contribution < -0.4 is 5.32 Å². The first-order chi connectivity index (χ1) is 8.53. The molecule has 0 spiro atoms. The van der Waals surface area contributed by atoms with E-state index in [0.29, 0.717) is 6.54 Å². The van der Waals surface area contributed by atoms with E-state index in [1.54, 1.807) is 18.3 Å². The summed E-state index contributed by atoms with van der Waals surface area (Å²) in [6.45, 7) is 0.546. The van der Waals surface area contributed by atoms with Crippen molar-refractivity contribution in [3.8, 4) is 0 Å². The van der Waals surface area contributed by atoms with Gasteiger partial charge in [-0.3, -0.25) is 0 Å². The number of alkyl halides is 3. The summed E-state index contributed by atoms with van der Waals surface area (Å²) >= 11 is 1.37. The number of rotatable bonds is 4. The third-order valence-corrected chi connectivity index (χ3v) is 3.50. The Balaban J connectivity index is 1.91. The van der Waals surface area contributed by atoms with E-state index in [9.17, 15) is 13.2 Å². The van der Waals surface area contributed by atoms with E-state index in [2.05, 4.69) is 10.3 Å². The van der Waals surface area contributed by atoms with E-state index >= 15 is 0 Å². The summed E-state index contributed by atoms with van der Waals surface area (Å²) in [5, 5.41) is 5.73. The van der Waals surface area contributed by atoms with Crippen molar-refractivity contribution in [3.05, 3.63) is 41.4 Å². The van der Waals surface area contributed by atoms with E-state index in [0.717, 1.165) is 10.7 Å². The van der Waals surface area contributed by atoms with Gasteiger partial charge in [-0.2, -0.15) is 13.2 Å². The van der Waals surface area contributed by atoms with Gasteiger partial charge in [0.1, 0.15) is 0 Å². The largest absolute Gasteiger partial charge is 0.446 e. The second kappa shape index (κ2) is 5.62. The maximum Gasteiger partial charge on any atom is 0.446 e. The van der Waals surface area contributed by atoms with Gasteiger partial charge < -0.3 is 5.32 Å². The predicted molar refractivity (Wildman–Crippen MR) is 67.8 cm³/mol. The Morgan fingerprint density at radius 1 is 1.22 bits per heavy atom. The quantitative estimate of drug-likeness (QED) is 0.846. The minimum atomic E-state index is -4.24. The number of aromatic nitrogens is 1. The summed E-state index contributed by atoms with van der Waals surface area (Å²) in [7, 11) is 0. The van der Waals surface area contributed by atoms with Crippen LogP contribution in [0, 0.1) is 0 Å². The fourth-order valence-corrected chi connectivity index (χ4v) is 2.36. The molecule has 0 aliphatic carbocycles. The number of nitrogens with zero attached hydrogens (tertiary/aromatic N) is 1. The summed E-state index contributed by atoms with van der Waals surface area (Å²) < 4.78 is 36.4. The maximum absolute atomic E-state index is 12.1. The Morgan fingerprint density at radius 2 is 1.94 bits per heavy atom. The fraction of sp³-hybridized carbons (Fsp3) is 0.182. The summed E-state index contributed by atoms with van der Waals surface area (Å²) in [6, 6.07) is 6.29. The zero-order valence-corrected chi connectivity index (χ0v) is 10.7. The molecule has 0 bridgehead atoms. The zero-order chi connectivity index (χ0) is 13.0. The van der Waals surface area contributed by atoms with Gasteiger partial charge in [-0.05, 0) is 29.5 Å². The Kier molecular flexibility index (Phi) is 4.13. The number of nitrogens with one attached hydrogen (secondary N) is 1. The number of hydrogen-bond acceptors (Lipinski definition) is 4. The molecule has 0 saturated carbocycles. The molecule has 0 fully saturated rings. The van der Waals surface area contributed by atoms with E-state index < -0.39 is 5.51 Å². The van der Waals surface area contributed by atoms with Crippen LogP contribution in [0.1, 0.15) is 5.56 Å². The highest BCUT2D eigenvalue weighted by atomic mass is 32.2. The Hall–Kier alpha value is -1.21. The van der Waals surface area contributed by atoms with Crippen molar-refractivity contribution in [1.82, 2.24) is 4.98 Å². The third-order valence-electron chi connectivity index (χ3n) is 2.03. The molecule has 2 aromatic rings. The Morgan fingerprint density at radius 3 is 2.50 bits per heavy atom. The van der Waals surface area contributed by atoms with Crippen molar-refractivity contribution in [3.63, 3.8) is 0 Å². The monoisotopic (exact) mass is 290 g/mol. The summed E-state index contributed by atoms with van der Waals surface area (Å²) in [4.78, 5) is 4.25. The van der Waals surface area contributed by atoms with E-state index in [1.807, 2.05) is 5.38 Å². The molecule has 0 radical (unpaired) electrons. The maximum atomic E-state index is 12.1. The molecule has 0 aliphatic heterocycles. The third kappa shape index (κ3) is 4.23. The van der Waals surface area contributed by atoms with Crippen LogP contribution in [0.5, 0.6) is 0 Å². The molecule has 1 aromatic heterocycles. The molecule has 2 nitrogen and oxygen atoms in total. The Labute approximate surface area is 110 Å². The molecule has 0 saturated heterocycles. The average molecular weight is 290 g/mol. The molecule has 96 valence electrons. The summed E-state index contributed by atoms with van der Waals surface area (Å²) in [5.41, 5.74) is -3.32. The second-order valence-corrected chi connectivity index (χ2v) is 5.42. The van der Waals surface area contributed by atoms with Crippen molar-refractivity contribution < 1.29 is 13.2 Å². The van der Waals surface area contributed by atoms with Crippen LogP contribution >= 0.6 is 23.1 Å². The number of thioether (sulfide) groups is 1. The van der Waals surface area contributed by atoms with Gasteiger partial charge in [0.25, 0.3) is 0 Å². The first-order valence-corrected chi connectivity index (χ1v) is 6.70. The van der Waals surface area contributed by atoms with Crippen molar-refractivity contribution >= 4 is 28.2 Å². The van der Waals surface area contributed by atoms with Crippen molar-refractivity contribution in [1.29, 1.82) is 0 Å². The highest BCUT2D eigenvalue weighted by Crippen LogP contribution is 2.36. The average Bonchev–Trinajstić information content (AvgIpc) is 2.79. The molecule has 2 rings (SSSR count). The number of anilines is 1. The van der Waals surface area contributed by atoms with Gasteiger partial charge in [0.2, 0.25) is 0 Å². The minimum absolute atomic E-state index is 0.105. The standard InChI is InChI=1S/C11H9F3N2S2/c12-11(13,14)18-9-3-1-8(2-4-9)7-16-10-15-5-6-17-10/h1-6H,7H2,(H,15,16).